The van der Waals surface area contributed by atoms with Crippen LogP contribution in [-0.2, 0) is 0 Å². The first kappa shape index (κ1) is 7.85. The van der Waals surface area contributed by atoms with Crippen LogP contribution in [0.1, 0.15) is 11.4 Å². The van der Waals surface area contributed by atoms with Gasteiger partial charge in [-0.3, -0.25) is 4.98 Å². The van der Waals surface area contributed by atoms with Crippen LogP contribution in [0.2, 0.25) is 0 Å². The second-order valence-corrected chi connectivity index (χ2v) is 2.86. The van der Waals surface area contributed by atoms with Gasteiger partial charge in [-0.1, -0.05) is 0 Å². The Hall–Kier alpha value is -1.78. The van der Waals surface area contributed by atoms with Gasteiger partial charge in [0.25, 0.3) is 0 Å². The van der Waals surface area contributed by atoms with E-state index < -0.39 is 0 Å². The molecule has 2 heterocycles. The molecule has 2 aromatic heterocycles. The molecular formula is C8H9N5. The second kappa shape index (κ2) is 2.93. The highest BCUT2D eigenvalue weighted by Crippen LogP contribution is 2.06. The van der Waals surface area contributed by atoms with Gasteiger partial charge in [0.15, 0.2) is 5.82 Å². The molecule has 5 nitrogen and oxygen atoms in total. The molecule has 0 aliphatic rings. The first-order valence-electron chi connectivity index (χ1n) is 3.94. The van der Waals surface area contributed by atoms with E-state index in [1.165, 1.54) is 0 Å². The van der Waals surface area contributed by atoms with E-state index in [2.05, 4.69) is 20.5 Å². The third kappa shape index (κ3) is 1.40. The monoisotopic (exact) mass is 175 g/mol. The Kier molecular flexibility index (Phi) is 1.77. The van der Waals surface area contributed by atoms with E-state index in [0.717, 1.165) is 17.1 Å². The lowest BCUT2D eigenvalue weighted by molar-refractivity contribution is 0.775. The largest absolute Gasteiger partial charge is 0.262 e. The van der Waals surface area contributed by atoms with Gasteiger partial charge in [-0.05, 0) is 35.9 Å². The van der Waals surface area contributed by atoms with Crippen molar-refractivity contribution in [3.63, 3.8) is 0 Å². The van der Waals surface area contributed by atoms with Gasteiger partial charge in [0.2, 0.25) is 0 Å². The SMILES string of the molecule is Cc1cncc(-n2nnnc2C)c1. The van der Waals surface area contributed by atoms with E-state index in [9.17, 15) is 0 Å². The van der Waals surface area contributed by atoms with Crippen molar-refractivity contribution >= 4 is 0 Å². The summed E-state index contributed by atoms with van der Waals surface area (Å²) in [7, 11) is 0. The highest BCUT2D eigenvalue weighted by atomic mass is 15.5. The average Bonchev–Trinajstić information content (AvgIpc) is 2.51. The smallest absolute Gasteiger partial charge is 0.153 e. The summed E-state index contributed by atoms with van der Waals surface area (Å²) >= 11 is 0. The molecular weight excluding hydrogens is 166 g/mol. The van der Waals surface area contributed by atoms with Crippen LogP contribution >= 0.6 is 0 Å². The molecule has 0 unspecified atom stereocenters. The summed E-state index contributed by atoms with van der Waals surface area (Å²) in [6.07, 6.45) is 3.53. The number of tetrazole rings is 1. The van der Waals surface area contributed by atoms with Crippen LogP contribution in [-0.4, -0.2) is 25.2 Å². The van der Waals surface area contributed by atoms with Gasteiger partial charge in [-0.15, -0.1) is 5.10 Å². The van der Waals surface area contributed by atoms with Gasteiger partial charge in [0.05, 0.1) is 11.9 Å². The van der Waals surface area contributed by atoms with Crippen LogP contribution in [0.5, 0.6) is 0 Å². The Balaban J connectivity index is 2.53. The lowest BCUT2D eigenvalue weighted by Crippen LogP contribution is -2.00. The molecule has 0 radical (unpaired) electrons. The number of aryl methyl sites for hydroxylation is 2. The summed E-state index contributed by atoms with van der Waals surface area (Å²) in [5, 5.41) is 11.2. The minimum Gasteiger partial charge on any atom is -0.262 e. The highest BCUT2D eigenvalue weighted by Gasteiger charge is 2.02. The van der Waals surface area contributed by atoms with Gasteiger partial charge in [0.1, 0.15) is 0 Å². The highest BCUT2D eigenvalue weighted by molar-refractivity contribution is 5.30. The third-order valence-corrected chi connectivity index (χ3v) is 1.73. The standard InChI is InChI=1S/C8H9N5/c1-6-3-8(5-9-4-6)13-7(2)10-11-12-13/h3-5H,1-2H3. The molecule has 0 aliphatic heterocycles. The first-order valence-corrected chi connectivity index (χ1v) is 3.94. The predicted molar refractivity (Wildman–Crippen MR) is 46.4 cm³/mol. The molecule has 0 N–H and O–H groups in total. The molecule has 0 saturated heterocycles. The van der Waals surface area contributed by atoms with E-state index in [4.69, 9.17) is 0 Å². The summed E-state index contributed by atoms with van der Waals surface area (Å²) in [6.45, 7) is 3.83. The number of pyridine rings is 1. The van der Waals surface area contributed by atoms with Crippen LogP contribution in [0.4, 0.5) is 0 Å². The van der Waals surface area contributed by atoms with E-state index in [1.807, 2.05) is 19.9 Å². The van der Waals surface area contributed by atoms with Crippen LogP contribution in [0.15, 0.2) is 18.5 Å². The maximum Gasteiger partial charge on any atom is 0.153 e. The summed E-state index contributed by atoms with van der Waals surface area (Å²) in [5.74, 6) is 0.757. The Morgan fingerprint density at radius 2 is 2.08 bits per heavy atom. The molecule has 2 rings (SSSR count). The fourth-order valence-electron chi connectivity index (χ4n) is 1.13. The van der Waals surface area contributed by atoms with E-state index in [0.29, 0.717) is 0 Å². The molecule has 0 aliphatic carbocycles. The predicted octanol–water partition coefficient (Wildman–Crippen LogP) is 0.674. The van der Waals surface area contributed by atoms with Gasteiger partial charge >= 0.3 is 0 Å². The Morgan fingerprint density at radius 3 is 2.69 bits per heavy atom. The molecule has 2 aromatic rings. The van der Waals surface area contributed by atoms with Crippen molar-refractivity contribution < 1.29 is 0 Å². The van der Waals surface area contributed by atoms with Gasteiger partial charge in [-0.2, -0.15) is 4.68 Å². The van der Waals surface area contributed by atoms with E-state index >= 15 is 0 Å². The maximum atomic E-state index is 4.06. The number of nitrogens with zero attached hydrogens (tertiary/aromatic N) is 5. The van der Waals surface area contributed by atoms with Crippen LogP contribution in [0.25, 0.3) is 5.69 Å². The van der Waals surface area contributed by atoms with Crippen molar-refractivity contribution in [3.05, 3.63) is 29.8 Å². The fourth-order valence-corrected chi connectivity index (χ4v) is 1.13. The molecule has 0 aromatic carbocycles. The average molecular weight is 175 g/mol. The summed E-state index contributed by atoms with van der Waals surface area (Å²) < 4.78 is 1.65. The van der Waals surface area contributed by atoms with Crippen molar-refractivity contribution in [1.82, 2.24) is 25.2 Å². The van der Waals surface area contributed by atoms with Gasteiger partial charge in [-0.25, -0.2) is 0 Å². The minimum absolute atomic E-state index is 0.757. The molecule has 0 fully saturated rings. The maximum absolute atomic E-state index is 4.06. The van der Waals surface area contributed by atoms with Gasteiger partial charge < -0.3 is 0 Å². The topological polar surface area (TPSA) is 56.5 Å². The number of rotatable bonds is 1. The zero-order valence-electron chi connectivity index (χ0n) is 7.47. The molecule has 0 spiro atoms. The van der Waals surface area contributed by atoms with Crippen LogP contribution in [0, 0.1) is 13.8 Å². The first-order chi connectivity index (χ1) is 6.27. The quantitative estimate of drug-likeness (QED) is 0.639. The van der Waals surface area contributed by atoms with Crippen molar-refractivity contribution in [2.24, 2.45) is 0 Å². The number of aromatic nitrogens is 5. The van der Waals surface area contributed by atoms with Crippen molar-refractivity contribution in [2.75, 3.05) is 0 Å². The third-order valence-electron chi connectivity index (χ3n) is 1.73. The van der Waals surface area contributed by atoms with Gasteiger partial charge in [0, 0.05) is 6.20 Å². The zero-order chi connectivity index (χ0) is 9.26. The molecule has 0 atom stereocenters. The van der Waals surface area contributed by atoms with Crippen LogP contribution < -0.4 is 0 Å². The lowest BCUT2D eigenvalue weighted by Gasteiger charge is -2.00. The Bertz CT molecular complexity index is 420. The molecule has 66 valence electrons. The lowest BCUT2D eigenvalue weighted by atomic mass is 10.3. The van der Waals surface area contributed by atoms with Crippen molar-refractivity contribution in [3.8, 4) is 5.69 Å². The number of hydrogen-bond acceptors (Lipinski definition) is 4. The number of hydrogen-bond donors (Lipinski definition) is 0. The Morgan fingerprint density at radius 1 is 1.23 bits per heavy atom. The summed E-state index contributed by atoms with van der Waals surface area (Å²) in [4.78, 5) is 4.06. The molecule has 0 saturated carbocycles. The minimum atomic E-state index is 0.757. The van der Waals surface area contributed by atoms with E-state index in [-0.39, 0.29) is 0 Å². The second-order valence-electron chi connectivity index (χ2n) is 2.86. The zero-order valence-corrected chi connectivity index (χ0v) is 7.47. The normalized spacial score (nSPS) is 10.3. The van der Waals surface area contributed by atoms with Crippen LogP contribution in [0.3, 0.4) is 0 Å². The molecule has 0 bridgehead atoms. The molecule has 0 amide bonds. The summed E-state index contributed by atoms with van der Waals surface area (Å²) in [6, 6.07) is 1.98. The van der Waals surface area contributed by atoms with E-state index in [1.54, 1.807) is 17.1 Å². The van der Waals surface area contributed by atoms with Crippen molar-refractivity contribution in [1.29, 1.82) is 0 Å². The fraction of sp³-hybridized carbons (Fsp3) is 0.250. The van der Waals surface area contributed by atoms with Crippen molar-refractivity contribution in [2.45, 2.75) is 13.8 Å². The Labute approximate surface area is 75.4 Å². The summed E-state index contributed by atoms with van der Waals surface area (Å²) in [5.41, 5.74) is 1.98. The molecule has 13 heavy (non-hydrogen) atoms. The molecule has 5 heteroatoms.